The Hall–Kier alpha value is -0.750. The van der Waals surface area contributed by atoms with Crippen LogP contribution in [0, 0.1) is 5.41 Å². The fourth-order valence-electron chi connectivity index (χ4n) is 1.05. The summed E-state index contributed by atoms with van der Waals surface area (Å²) in [6, 6.07) is 0. The van der Waals surface area contributed by atoms with Crippen LogP contribution in [0.15, 0.2) is 12.2 Å². The molecule has 0 saturated heterocycles. The van der Waals surface area contributed by atoms with Gasteiger partial charge in [0.2, 0.25) is 0 Å². The summed E-state index contributed by atoms with van der Waals surface area (Å²) in [6.45, 7) is 12.9. The molecule has 0 fully saturated rings. The second-order valence-electron chi connectivity index (χ2n) is 5.63. The van der Waals surface area contributed by atoms with Crippen molar-refractivity contribution in [3.05, 3.63) is 12.2 Å². The molecular formula is C18H38O5. The van der Waals surface area contributed by atoms with E-state index in [1.165, 1.54) is 0 Å². The lowest BCUT2D eigenvalue weighted by atomic mass is 9.97. The number of unbranched alkanes of at least 4 members (excludes halogenated alkanes) is 2. The number of carbonyl (C=O) groups is 1. The maximum Gasteiger partial charge on any atom is 0.154 e. The average molecular weight is 334 g/mol. The van der Waals surface area contributed by atoms with Crippen molar-refractivity contribution in [2.24, 2.45) is 5.41 Å². The third-order valence-corrected chi connectivity index (χ3v) is 2.59. The maximum atomic E-state index is 9.74. The van der Waals surface area contributed by atoms with E-state index < -0.39 is 0 Å². The molecule has 0 heterocycles. The minimum atomic E-state index is -0.306. The Labute approximate surface area is 142 Å². The van der Waals surface area contributed by atoms with Crippen LogP contribution < -0.4 is 0 Å². The van der Waals surface area contributed by atoms with Crippen LogP contribution in [0.3, 0.4) is 0 Å². The zero-order valence-electron chi connectivity index (χ0n) is 15.9. The van der Waals surface area contributed by atoms with E-state index in [1.807, 2.05) is 33.8 Å². The monoisotopic (exact) mass is 334 g/mol. The van der Waals surface area contributed by atoms with Gasteiger partial charge in [-0.05, 0) is 40.5 Å². The maximum absolute atomic E-state index is 9.74. The van der Waals surface area contributed by atoms with Crippen LogP contribution in [0.25, 0.3) is 0 Å². The quantitative estimate of drug-likeness (QED) is 0.277. The van der Waals surface area contributed by atoms with Gasteiger partial charge in [0.15, 0.2) is 6.29 Å². The van der Waals surface area contributed by atoms with Gasteiger partial charge in [0, 0.05) is 25.0 Å². The first-order valence-corrected chi connectivity index (χ1v) is 8.34. The van der Waals surface area contributed by atoms with E-state index in [-0.39, 0.29) is 24.9 Å². The summed E-state index contributed by atoms with van der Waals surface area (Å²) in [5.74, 6) is 0. The molecule has 0 rings (SSSR count). The molecule has 0 aromatic rings. The van der Waals surface area contributed by atoms with E-state index in [4.69, 9.17) is 19.7 Å². The smallest absolute Gasteiger partial charge is 0.154 e. The van der Waals surface area contributed by atoms with E-state index in [9.17, 15) is 4.79 Å². The van der Waals surface area contributed by atoms with Crippen molar-refractivity contribution in [2.75, 3.05) is 26.4 Å². The highest BCUT2D eigenvalue weighted by Crippen LogP contribution is 2.10. The van der Waals surface area contributed by atoms with Gasteiger partial charge in [-0.2, -0.15) is 0 Å². The highest BCUT2D eigenvalue weighted by atomic mass is 16.7. The predicted molar refractivity (Wildman–Crippen MR) is 95.4 cm³/mol. The Morgan fingerprint density at radius 3 is 1.78 bits per heavy atom. The molecule has 5 heteroatoms. The highest BCUT2D eigenvalue weighted by Gasteiger charge is 2.13. The lowest BCUT2D eigenvalue weighted by Gasteiger charge is -2.16. The van der Waals surface area contributed by atoms with E-state index >= 15 is 0 Å². The molecule has 0 spiro atoms. The van der Waals surface area contributed by atoms with Crippen LogP contribution in [-0.2, 0) is 14.3 Å². The van der Waals surface area contributed by atoms with E-state index in [0.717, 1.165) is 32.3 Å². The molecule has 0 aliphatic heterocycles. The second kappa shape index (κ2) is 21.2. The molecule has 0 aliphatic carbocycles. The SMILES string of the molecule is C/C=C/CCCC=O.CC(C)(CO)CO.CCOC(C)OCC. The fraction of sp³-hybridized carbons (Fsp3) is 0.833. The van der Waals surface area contributed by atoms with Gasteiger partial charge in [0.05, 0.1) is 13.2 Å². The molecule has 0 atom stereocenters. The van der Waals surface area contributed by atoms with Crippen LogP contribution in [0.2, 0.25) is 0 Å². The third kappa shape index (κ3) is 29.8. The van der Waals surface area contributed by atoms with Crippen LogP contribution >= 0.6 is 0 Å². The van der Waals surface area contributed by atoms with E-state index in [2.05, 4.69) is 6.08 Å². The molecule has 0 radical (unpaired) electrons. The van der Waals surface area contributed by atoms with Gasteiger partial charge < -0.3 is 24.5 Å². The molecule has 0 unspecified atom stereocenters. The van der Waals surface area contributed by atoms with Crippen molar-refractivity contribution in [3.63, 3.8) is 0 Å². The van der Waals surface area contributed by atoms with Crippen molar-refractivity contribution in [2.45, 2.75) is 67.1 Å². The summed E-state index contributed by atoms with van der Waals surface area (Å²) in [5.41, 5.74) is -0.306. The first-order valence-electron chi connectivity index (χ1n) is 8.34. The van der Waals surface area contributed by atoms with Crippen LogP contribution in [0.5, 0.6) is 0 Å². The molecule has 2 N–H and O–H groups in total. The number of ether oxygens (including phenoxy) is 2. The second-order valence-corrected chi connectivity index (χ2v) is 5.63. The predicted octanol–water partition coefficient (Wildman–Crippen LogP) is 3.33. The molecule has 0 aromatic carbocycles. The molecule has 0 aliphatic rings. The molecule has 5 nitrogen and oxygen atoms in total. The number of allylic oxidation sites excluding steroid dienone is 2. The summed E-state index contributed by atoms with van der Waals surface area (Å²) in [7, 11) is 0. The molecule has 0 saturated carbocycles. The highest BCUT2D eigenvalue weighted by molar-refractivity contribution is 5.48. The van der Waals surface area contributed by atoms with E-state index in [1.54, 1.807) is 13.8 Å². The van der Waals surface area contributed by atoms with Crippen molar-refractivity contribution >= 4 is 6.29 Å². The minimum Gasteiger partial charge on any atom is -0.396 e. The first-order chi connectivity index (χ1) is 10.8. The van der Waals surface area contributed by atoms with Gasteiger partial charge in [-0.3, -0.25) is 0 Å². The van der Waals surface area contributed by atoms with Crippen molar-refractivity contribution < 1.29 is 24.5 Å². The Kier molecular flexibility index (Phi) is 25.1. The summed E-state index contributed by atoms with van der Waals surface area (Å²) in [5, 5.41) is 16.9. The lowest BCUT2D eigenvalue weighted by Crippen LogP contribution is -2.20. The number of hydrogen-bond donors (Lipinski definition) is 2. The number of aliphatic hydroxyl groups excluding tert-OH is 2. The minimum absolute atomic E-state index is 0.0370. The van der Waals surface area contributed by atoms with Crippen molar-refractivity contribution in [3.8, 4) is 0 Å². The van der Waals surface area contributed by atoms with Gasteiger partial charge >= 0.3 is 0 Å². The van der Waals surface area contributed by atoms with Gasteiger partial charge in [-0.1, -0.05) is 26.0 Å². The molecule has 0 aromatic heterocycles. The summed E-state index contributed by atoms with van der Waals surface area (Å²) >= 11 is 0. The Bertz CT molecular complexity index is 240. The molecule has 140 valence electrons. The van der Waals surface area contributed by atoms with Crippen LogP contribution in [0.4, 0.5) is 0 Å². The van der Waals surface area contributed by atoms with Crippen LogP contribution in [-0.4, -0.2) is 49.2 Å². The third-order valence-electron chi connectivity index (χ3n) is 2.59. The van der Waals surface area contributed by atoms with E-state index in [0.29, 0.717) is 6.42 Å². The normalized spacial score (nSPS) is 10.8. The zero-order chi connectivity index (χ0) is 18.6. The topological polar surface area (TPSA) is 76.0 Å². The van der Waals surface area contributed by atoms with Crippen molar-refractivity contribution in [1.82, 2.24) is 0 Å². The van der Waals surface area contributed by atoms with Crippen LogP contribution in [0.1, 0.15) is 60.8 Å². The number of aldehydes is 1. The number of carbonyl (C=O) groups excluding carboxylic acids is 1. The van der Waals surface area contributed by atoms with Gasteiger partial charge in [0.25, 0.3) is 0 Å². The Morgan fingerprint density at radius 2 is 1.52 bits per heavy atom. The largest absolute Gasteiger partial charge is 0.396 e. The summed E-state index contributed by atoms with van der Waals surface area (Å²) in [6.07, 6.45) is 7.73. The Balaban J connectivity index is -0.000000262. The molecule has 0 amide bonds. The summed E-state index contributed by atoms with van der Waals surface area (Å²) < 4.78 is 10.1. The molecular weight excluding hydrogens is 296 g/mol. The van der Waals surface area contributed by atoms with Gasteiger partial charge in [-0.15, -0.1) is 0 Å². The fourth-order valence-corrected chi connectivity index (χ4v) is 1.05. The summed E-state index contributed by atoms with van der Waals surface area (Å²) in [4.78, 5) is 9.74. The number of hydrogen-bond acceptors (Lipinski definition) is 5. The average Bonchev–Trinajstić information content (AvgIpc) is 2.53. The van der Waals surface area contributed by atoms with Crippen molar-refractivity contribution in [1.29, 1.82) is 0 Å². The zero-order valence-corrected chi connectivity index (χ0v) is 15.9. The lowest BCUT2D eigenvalue weighted by molar-refractivity contribution is -0.123. The first kappa shape index (κ1) is 27.1. The van der Waals surface area contributed by atoms with Gasteiger partial charge in [-0.25, -0.2) is 0 Å². The molecule has 0 bridgehead atoms. The standard InChI is InChI=1S/C7H12O.C6H14O2.C5H12O2/c1-2-3-4-5-6-7-8;1-4-7-6(3)8-5-2;1-5(2,3-6)4-7/h2-3,7H,4-6H2,1H3;6H,4-5H2,1-3H3;6-7H,3-4H2,1-2H3/b3-2+;;. The van der Waals surface area contributed by atoms with Gasteiger partial charge in [0.1, 0.15) is 6.29 Å². The number of aliphatic hydroxyl groups is 2. The Morgan fingerprint density at radius 1 is 1.04 bits per heavy atom. The number of rotatable bonds is 10. The molecule has 23 heavy (non-hydrogen) atoms.